The van der Waals surface area contributed by atoms with Crippen molar-refractivity contribution >= 4 is 5.97 Å². The molecule has 0 aromatic carbocycles. The maximum Gasteiger partial charge on any atom is 0.303 e. The van der Waals surface area contributed by atoms with Gasteiger partial charge in [-0.1, -0.05) is 19.1 Å². The lowest BCUT2D eigenvalue weighted by Crippen LogP contribution is -2.20. The van der Waals surface area contributed by atoms with E-state index in [1.807, 2.05) is 0 Å². The highest BCUT2D eigenvalue weighted by atomic mass is 16.4. The van der Waals surface area contributed by atoms with Crippen LogP contribution >= 0.6 is 0 Å². The molecular formula is C12H20O3. The van der Waals surface area contributed by atoms with E-state index in [1.54, 1.807) is 0 Å². The SMILES string of the molecule is CCC=CC[C@H]1C(O)CC[C@@H]1CC(=O)O. The van der Waals surface area contributed by atoms with Crippen molar-refractivity contribution < 1.29 is 15.0 Å². The summed E-state index contributed by atoms with van der Waals surface area (Å²) >= 11 is 0. The highest BCUT2D eigenvalue weighted by Crippen LogP contribution is 2.36. The van der Waals surface area contributed by atoms with Gasteiger partial charge in [0.2, 0.25) is 0 Å². The molecule has 1 aliphatic carbocycles. The molecule has 15 heavy (non-hydrogen) atoms. The number of allylic oxidation sites excluding steroid dienone is 2. The number of aliphatic hydroxyl groups is 1. The second-order valence-electron chi connectivity index (χ2n) is 4.28. The fourth-order valence-corrected chi connectivity index (χ4v) is 2.37. The Labute approximate surface area is 90.8 Å². The quantitative estimate of drug-likeness (QED) is 0.687. The van der Waals surface area contributed by atoms with Gasteiger partial charge >= 0.3 is 5.97 Å². The summed E-state index contributed by atoms with van der Waals surface area (Å²) in [5.41, 5.74) is 0. The van der Waals surface area contributed by atoms with Gasteiger partial charge in [0.1, 0.15) is 0 Å². The first kappa shape index (κ1) is 12.2. The Morgan fingerprint density at radius 3 is 2.73 bits per heavy atom. The summed E-state index contributed by atoms with van der Waals surface area (Å²) in [7, 11) is 0. The molecule has 1 saturated carbocycles. The molecule has 0 amide bonds. The molecule has 3 atom stereocenters. The number of carboxylic acids is 1. The lowest BCUT2D eigenvalue weighted by Gasteiger charge is -2.18. The molecule has 1 fully saturated rings. The van der Waals surface area contributed by atoms with Crippen molar-refractivity contribution in [3.63, 3.8) is 0 Å². The van der Waals surface area contributed by atoms with E-state index in [2.05, 4.69) is 19.1 Å². The molecule has 0 saturated heterocycles. The number of hydrogen-bond donors (Lipinski definition) is 2. The Morgan fingerprint density at radius 1 is 1.40 bits per heavy atom. The van der Waals surface area contributed by atoms with Gasteiger partial charge in [-0.15, -0.1) is 0 Å². The summed E-state index contributed by atoms with van der Waals surface area (Å²) in [6.07, 6.45) is 7.43. The van der Waals surface area contributed by atoms with Gasteiger partial charge < -0.3 is 10.2 Å². The minimum Gasteiger partial charge on any atom is -0.481 e. The van der Waals surface area contributed by atoms with Gasteiger partial charge in [-0.05, 0) is 37.5 Å². The van der Waals surface area contributed by atoms with Gasteiger partial charge in [-0.3, -0.25) is 4.79 Å². The van der Waals surface area contributed by atoms with Crippen LogP contribution in [0.1, 0.15) is 39.0 Å². The molecule has 2 N–H and O–H groups in total. The molecule has 0 heterocycles. The number of aliphatic hydroxyl groups excluding tert-OH is 1. The van der Waals surface area contributed by atoms with Crippen LogP contribution in [0.25, 0.3) is 0 Å². The molecule has 1 rings (SSSR count). The maximum absolute atomic E-state index is 10.6. The summed E-state index contributed by atoms with van der Waals surface area (Å²) in [4.78, 5) is 10.6. The Balaban J connectivity index is 2.48. The van der Waals surface area contributed by atoms with Crippen molar-refractivity contribution in [1.29, 1.82) is 0 Å². The highest BCUT2D eigenvalue weighted by Gasteiger charge is 2.34. The van der Waals surface area contributed by atoms with E-state index in [9.17, 15) is 9.90 Å². The summed E-state index contributed by atoms with van der Waals surface area (Å²) < 4.78 is 0. The van der Waals surface area contributed by atoms with Crippen LogP contribution in [0.3, 0.4) is 0 Å². The van der Waals surface area contributed by atoms with Gasteiger partial charge in [-0.2, -0.15) is 0 Å². The first-order valence-electron chi connectivity index (χ1n) is 5.70. The van der Waals surface area contributed by atoms with Crippen molar-refractivity contribution in [3.05, 3.63) is 12.2 Å². The monoisotopic (exact) mass is 212 g/mol. The molecule has 0 aromatic rings. The predicted molar refractivity (Wildman–Crippen MR) is 58.5 cm³/mol. The number of aliphatic carboxylic acids is 1. The normalized spacial score (nSPS) is 31.2. The molecule has 3 heteroatoms. The first-order valence-corrected chi connectivity index (χ1v) is 5.70. The van der Waals surface area contributed by atoms with Crippen LogP contribution in [0.5, 0.6) is 0 Å². The van der Waals surface area contributed by atoms with Crippen LogP contribution in [0, 0.1) is 11.8 Å². The average molecular weight is 212 g/mol. The summed E-state index contributed by atoms with van der Waals surface area (Å²) in [6.45, 7) is 2.07. The number of hydrogen-bond acceptors (Lipinski definition) is 2. The fraction of sp³-hybridized carbons (Fsp3) is 0.750. The van der Waals surface area contributed by atoms with Gasteiger partial charge in [0.15, 0.2) is 0 Å². The fourth-order valence-electron chi connectivity index (χ4n) is 2.37. The molecule has 0 spiro atoms. The van der Waals surface area contributed by atoms with E-state index in [-0.39, 0.29) is 24.4 Å². The summed E-state index contributed by atoms with van der Waals surface area (Å²) in [6, 6.07) is 0. The first-order chi connectivity index (χ1) is 7.15. The highest BCUT2D eigenvalue weighted by molar-refractivity contribution is 5.67. The van der Waals surface area contributed by atoms with Crippen molar-refractivity contribution in [2.45, 2.75) is 45.1 Å². The van der Waals surface area contributed by atoms with E-state index in [4.69, 9.17) is 5.11 Å². The molecule has 0 radical (unpaired) electrons. The third-order valence-electron chi connectivity index (χ3n) is 3.18. The topological polar surface area (TPSA) is 57.5 Å². The molecule has 1 aliphatic rings. The minimum atomic E-state index is -0.751. The number of carboxylic acid groups (broad SMARTS) is 1. The summed E-state index contributed by atoms with van der Waals surface area (Å²) in [5.74, 6) is -0.457. The Bertz CT molecular complexity index is 235. The smallest absolute Gasteiger partial charge is 0.303 e. The van der Waals surface area contributed by atoms with Crippen molar-refractivity contribution in [3.8, 4) is 0 Å². The van der Waals surface area contributed by atoms with Crippen LogP contribution in [-0.4, -0.2) is 22.3 Å². The lowest BCUT2D eigenvalue weighted by atomic mass is 9.89. The predicted octanol–water partition coefficient (Wildman–Crippen LogP) is 2.20. The zero-order valence-corrected chi connectivity index (χ0v) is 9.22. The van der Waals surface area contributed by atoms with E-state index >= 15 is 0 Å². The molecule has 0 aliphatic heterocycles. The summed E-state index contributed by atoms with van der Waals surface area (Å²) in [5, 5.41) is 18.5. The van der Waals surface area contributed by atoms with Crippen LogP contribution in [0.15, 0.2) is 12.2 Å². The molecule has 0 bridgehead atoms. The second kappa shape index (κ2) is 5.91. The van der Waals surface area contributed by atoms with Crippen LogP contribution < -0.4 is 0 Å². The van der Waals surface area contributed by atoms with E-state index in [0.29, 0.717) is 0 Å². The molecule has 86 valence electrons. The van der Waals surface area contributed by atoms with Gasteiger partial charge in [-0.25, -0.2) is 0 Å². The third kappa shape index (κ3) is 3.67. The molecule has 3 nitrogen and oxygen atoms in total. The standard InChI is InChI=1S/C12H20O3/c1-2-3-4-5-10-9(8-12(14)15)6-7-11(10)13/h3-4,9-11,13H,2,5-8H2,1H3,(H,14,15)/t9-,10-,11?/m1/s1. The average Bonchev–Trinajstić information content (AvgIpc) is 2.49. The molecule has 0 aromatic heterocycles. The van der Waals surface area contributed by atoms with Crippen LogP contribution in [0.4, 0.5) is 0 Å². The van der Waals surface area contributed by atoms with Crippen LogP contribution in [-0.2, 0) is 4.79 Å². The van der Waals surface area contributed by atoms with E-state index in [0.717, 1.165) is 25.7 Å². The lowest BCUT2D eigenvalue weighted by molar-refractivity contribution is -0.138. The van der Waals surface area contributed by atoms with Gasteiger partial charge in [0.05, 0.1) is 6.10 Å². The van der Waals surface area contributed by atoms with Crippen molar-refractivity contribution in [2.24, 2.45) is 11.8 Å². The van der Waals surface area contributed by atoms with Crippen molar-refractivity contribution in [2.75, 3.05) is 0 Å². The number of rotatable bonds is 5. The number of carbonyl (C=O) groups is 1. The van der Waals surface area contributed by atoms with Gasteiger partial charge in [0, 0.05) is 6.42 Å². The largest absolute Gasteiger partial charge is 0.481 e. The van der Waals surface area contributed by atoms with E-state index < -0.39 is 5.97 Å². The Morgan fingerprint density at radius 2 is 2.13 bits per heavy atom. The maximum atomic E-state index is 10.6. The van der Waals surface area contributed by atoms with E-state index in [1.165, 1.54) is 0 Å². The van der Waals surface area contributed by atoms with Gasteiger partial charge in [0.25, 0.3) is 0 Å². The molecular weight excluding hydrogens is 192 g/mol. The molecule has 1 unspecified atom stereocenters. The Hall–Kier alpha value is -0.830. The zero-order chi connectivity index (χ0) is 11.3. The van der Waals surface area contributed by atoms with Crippen LogP contribution in [0.2, 0.25) is 0 Å². The Kier molecular flexibility index (Phi) is 4.82. The third-order valence-corrected chi connectivity index (χ3v) is 3.18. The minimum absolute atomic E-state index is 0.142. The second-order valence-corrected chi connectivity index (χ2v) is 4.28. The zero-order valence-electron chi connectivity index (χ0n) is 9.22. The van der Waals surface area contributed by atoms with Crippen molar-refractivity contribution in [1.82, 2.24) is 0 Å².